The molecule has 8 heteroatoms. The Labute approximate surface area is 144 Å². The number of hydrogen-bond acceptors (Lipinski definition) is 6. The van der Waals surface area contributed by atoms with Gasteiger partial charge in [-0.25, -0.2) is 0 Å². The van der Waals surface area contributed by atoms with Gasteiger partial charge in [0.25, 0.3) is 5.91 Å². The third-order valence-electron chi connectivity index (χ3n) is 4.14. The summed E-state index contributed by atoms with van der Waals surface area (Å²) < 4.78 is 5.18. The van der Waals surface area contributed by atoms with Crippen LogP contribution in [-0.2, 0) is 6.42 Å². The lowest BCUT2D eigenvalue weighted by Gasteiger charge is -2.21. The van der Waals surface area contributed by atoms with Gasteiger partial charge < -0.3 is 19.5 Å². The van der Waals surface area contributed by atoms with Gasteiger partial charge in [0.05, 0.1) is 6.10 Å². The molecule has 0 aliphatic carbocycles. The molecule has 3 rings (SSSR count). The number of aromatic amines is 1. The first-order chi connectivity index (χ1) is 11.8. The molecule has 2 N–H and O–H groups in total. The van der Waals surface area contributed by atoms with Crippen LogP contribution in [0.2, 0.25) is 0 Å². The molecule has 3 heterocycles. The van der Waals surface area contributed by atoms with Gasteiger partial charge in [-0.2, -0.15) is 4.98 Å². The Morgan fingerprint density at radius 3 is 2.88 bits per heavy atom. The molecular formula is C17H22N4O4. The molecule has 0 radical (unpaired) electrons. The highest BCUT2D eigenvalue weighted by atomic mass is 16.5. The summed E-state index contributed by atoms with van der Waals surface area (Å²) >= 11 is 0. The van der Waals surface area contributed by atoms with Gasteiger partial charge in [-0.15, -0.1) is 0 Å². The molecule has 2 aromatic heterocycles. The van der Waals surface area contributed by atoms with Crippen LogP contribution in [0.5, 0.6) is 0 Å². The van der Waals surface area contributed by atoms with Crippen LogP contribution >= 0.6 is 0 Å². The zero-order valence-corrected chi connectivity index (χ0v) is 14.5. The van der Waals surface area contributed by atoms with Crippen molar-refractivity contribution in [1.29, 1.82) is 0 Å². The third-order valence-corrected chi connectivity index (χ3v) is 4.14. The average Bonchev–Trinajstić information content (AvgIpc) is 3.11. The SMILES string of the molecule is Cc1noc([C@H]2C[C@@H](O)CN2C(=O)c2cc(CC(C)C)[nH]c(=O)c2)n1. The highest BCUT2D eigenvalue weighted by molar-refractivity contribution is 5.94. The molecular weight excluding hydrogens is 324 g/mol. The fourth-order valence-electron chi connectivity index (χ4n) is 3.16. The van der Waals surface area contributed by atoms with E-state index in [0.29, 0.717) is 36.0 Å². The number of nitrogens with one attached hydrogen (secondary N) is 1. The van der Waals surface area contributed by atoms with Crippen LogP contribution in [0.25, 0.3) is 0 Å². The van der Waals surface area contributed by atoms with E-state index in [2.05, 4.69) is 15.1 Å². The van der Waals surface area contributed by atoms with Gasteiger partial charge in [0, 0.05) is 30.3 Å². The number of amides is 1. The summed E-state index contributed by atoms with van der Waals surface area (Å²) in [5.41, 5.74) is 0.706. The largest absolute Gasteiger partial charge is 0.391 e. The standard InChI is InChI=1S/C17H22N4O4/c1-9(2)4-12-5-11(6-15(23)19-12)17(24)21-8-13(22)7-14(21)16-18-10(3)20-25-16/h5-6,9,13-14,22H,4,7-8H2,1-3H3,(H,19,23)/t13-,14-/m1/s1. The van der Waals surface area contributed by atoms with Gasteiger partial charge in [0.2, 0.25) is 11.4 Å². The van der Waals surface area contributed by atoms with Crippen LogP contribution in [0.15, 0.2) is 21.5 Å². The molecule has 0 unspecified atom stereocenters. The maximum Gasteiger partial charge on any atom is 0.254 e. The number of aliphatic hydroxyl groups excluding tert-OH is 1. The molecule has 1 aliphatic heterocycles. The molecule has 2 atom stereocenters. The molecule has 0 spiro atoms. The number of aryl methyl sites for hydroxylation is 1. The molecule has 1 saturated heterocycles. The molecule has 25 heavy (non-hydrogen) atoms. The van der Waals surface area contributed by atoms with Gasteiger partial charge in [-0.1, -0.05) is 19.0 Å². The Kier molecular flexibility index (Phi) is 4.71. The van der Waals surface area contributed by atoms with Crippen molar-refractivity contribution >= 4 is 5.91 Å². The van der Waals surface area contributed by atoms with E-state index in [1.54, 1.807) is 13.0 Å². The lowest BCUT2D eigenvalue weighted by atomic mass is 10.1. The number of aliphatic hydroxyl groups is 1. The van der Waals surface area contributed by atoms with Crippen LogP contribution in [0.4, 0.5) is 0 Å². The topological polar surface area (TPSA) is 112 Å². The van der Waals surface area contributed by atoms with Gasteiger partial charge >= 0.3 is 0 Å². The van der Waals surface area contributed by atoms with E-state index >= 15 is 0 Å². The van der Waals surface area contributed by atoms with Crippen LogP contribution in [-0.4, -0.2) is 43.7 Å². The second-order valence-electron chi connectivity index (χ2n) is 6.90. The van der Waals surface area contributed by atoms with Crippen LogP contribution in [0, 0.1) is 12.8 Å². The molecule has 0 aromatic carbocycles. The molecule has 8 nitrogen and oxygen atoms in total. The second kappa shape index (κ2) is 6.79. The van der Waals surface area contributed by atoms with Gasteiger partial charge in [0.1, 0.15) is 6.04 Å². The monoisotopic (exact) mass is 346 g/mol. The minimum atomic E-state index is -0.668. The minimum absolute atomic E-state index is 0.164. The van der Waals surface area contributed by atoms with E-state index in [9.17, 15) is 14.7 Å². The molecule has 2 aromatic rings. The molecule has 1 amide bonds. The number of rotatable bonds is 4. The first-order valence-corrected chi connectivity index (χ1v) is 8.36. The van der Waals surface area contributed by atoms with Gasteiger partial charge in [-0.05, 0) is 25.3 Å². The van der Waals surface area contributed by atoms with Gasteiger partial charge in [-0.3, -0.25) is 9.59 Å². The number of carbonyl (C=O) groups is 1. The molecule has 0 bridgehead atoms. The van der Waals surface area contributed by atoms with E-state index in [0.717, 1.165) is 5.69 Å². The van der Waals surface area contributed by atoms with Crippen LogP contribution in [0.3, 0.4) is 0 Å². The summed E-state index contributed by atoms with van der Waals surface area (Å²) in [6.45, 7) is 5.94. The van der Waals surface area contributed by atoms with Crippen LogP contribution < -0.4 is 5.56 Å². The van der Waals surface area contributed by atoms with E-state index in [-0.39, 0.29) is 18.0 Å². The fraction of sp³-hybridized carbons (Fsp3) is 0.529. The predicted octanol–water partition coefficient (Wildman–Crippen LogP) is 1.21. The highest BCUT2D eigenvalue weighted by Crippen LogP contribution is 2.32. The van der Waals surface area contributed by atoms with Crippen molar-refractivity contribution in [2.24, 2.45) is 5.92 Å². The lowest BCUT2D eigenvalue weighted by molar-refractivity contribution is 0.0693. The number of carbonyl (C=O) groups excluding carboxylic acids is 1. The lowest BCUT2D eigenvalue weighted by Crippen LogP contribution is -2.33. The van der Waals surface area contributed by atoms with Crippen molar-refractivity contribution in [3.63, 3.8) is 0 Å². The summed E-state index contributed by atoms with van der Waals surface area (Å²) in [5, 5.41) is 13.8. The van der Waals surface area contributed by atoms with Crippen molar-refractivity contribution in [2.75, 3.05) is 6.54 Å². The van der Waals surface area contributed by atoms with Gasteiger partial charge in [0.15, 0.2) is 5.82 Å². The molecule has 1 fully saturated rings. The average molecular weight is 346 g/mol. The Balaban J connectivity index is 1.91. The van der Waals surface area contributed by atoms with E-state index < -0.39 is 12.1 Å². The smallest absolute Gasteiger partial charge is 0.254 e. The number of aromatic nitrogens is 3. The number of β-amino-alcohol motifs (C(OH)–C–C–N with tert-alkyl or cyclic N) is 1. The minimum Gasteiger partial charge on any atom is -0.391 e. The van der Waals surface area contributed by atoms with E-state index in [1.807, 2.05) is 13.8 Å². The Hall–Kier alpha value is -2.48. The fourth-order valence-corrected chi connectivity index (χ4v) is 3.16. The summed E-state index contributed by atoms with van der Waals surface area (Å²) in [5.74, 6) is 0.797. The van der Waals surface area contributed by atoms with E-state index in [1.165, 1.54) is 11.0 Å². The summed E-state index contributed by atoms with van der Waals surface area (Å²) in [7, 11) is 0. The normalized spacial score (nSPS) is 20.4. The number of H-pyrrole nitrogens is 1. The first-order valence-electron chi connectivity index (χ1n) is 8.36. The summed E-state index contributed by atoms with van der Waals surface area (Å²) in [4.78, 5) is 33.3. The first kappa shape index (κ1) is 17.3. The van der Waals surface area contributed by atoms with Crippen molar-refractivity contribution in [2.45, 2.75) is 45.8 Å². The second-order valence-corrected chi connectivity index (χ2v) is 6.90. The molecule has 1 aliphatic rings. The third kappa shape index (κ3) is 3.79. The van der Waals surface area contributed by atoms with Crippen molar-refractivity contribution in [3.8, 4) is 0 Å². The Bertz CT molecular complexity index is 826. The van der Waals surface area contributed by atoms with Crippen molar-refractivity contribution in [3.05, 3.63) is 45.5 Å². The zero-order chi connectivity index (χ0) is 18.1. The Morgan fingerprint density at radius 2 is 2.24 bits per heavy atom. The summed E-state index contributed by atoms with van der Waals surface area (Å²) in [6, 6.07) is 2.49. The molecule has 134 valence electrons. The van der Waals surface area contributed by atoms with E-state index in [4.69, 9.17) is 4.52 Å². The maximum absolute atomic E-state index is 12.9. The highest BCUT2D eigenvalue weighted by Gasteiger charge is 2.39. The number of nitrogens with zero attached hydrogens (tertiary/aromatic N) is 3. The number of hydrogen-bond donors (Lipinski definition) is 2. The maximum atomic E-state index is 12.9. The van der Waals surface area contributed by atoms with Crippen molar-refractivity contribution < 1.29 is 14.4 Å². The number of pyridine rings is 1. The quantitative estimate of drug-likeness (QED) is 0.860. The molecule has 0 saturated carbocycles. The summed E-state index contributed by atoms with van der Waals surface area (Å²) in [6.07, 6.45) is 0.332. The van der Waals surface area contributed by atoms with Crippen LogP contribution in [0.1, 0.15) is 54.1 Å². The van der Waals surface area contributed by atoms with Crippen molar-refractivity contribution in [1.82, 2.24) is 20.0 Å². The predicted molar refractivity (Wildman–Crippen MR) is 89.0 cm³/mol. The Morgan fingerprint density at radius 1 is 1.48 bits per heavy atom. The number of likely N-dealkylation sites (tertiary alicyclic amines) is 1. The zero-order valence-electron chi connectivity index (χ0n) is 14.5.